The summed E-state index contributed by atoms with van der Waals surface area (Å²) in [6.07, 6.45) is 10.9. The summed E-state index contributed by atoms with van der Waals surface area (Å²) in [4.78, 5) is 0. The molecule has 0 bridgehead atoms. The van der Waals surface area contributed by atoms with Crippen LogP contribution in [0.2, 0.25) is 44.4 Å². The van der Waals surface area contributed by atoms with Crippen molar-refractivity contribution in [2.75, 3.05) is 21.3 Å². The average molecular weight is 469 g/mol. The first kappa shape index (κ1) is 28.7. The van der Waals surface area contributed by atoms with Crippen LogP contribution in [0.25, 0.3) is 0 Å². The second-order valence-electron chi connectivity index (χ2n) is 9.02. The van der Waals surface area contributed by atoms with Gasteiger partial charge in [-0.1, -0.05) is 58.3 Å². The number of unbranched alkanes of at least 4 members (excludes halogenated alkanes) is 7. The lowest BCUT2D eigenvalue weighted by atomic mass is 10.1. The third-order valence-corrected chi connectivity index (χ3v) is 21.5. The lowest BCUT2D eigenvalue weighted by molar-refractivity contribution is 0.127. The first-order valence-corrected chi connectivity index (χ1v) is 21.3. The molecule has 170 valence electrons. The number of hydrogen-bond donors (Lipinski definition) is 0. The molecular formula is C19H48O5Si4. The van der Waals surface area contributed by atoms with Gasteiger partial charge >= 0.3 is 8.80 Å². The van der Waals surface area contributed by atoms with E-state index in [1.165, 1.54) is 57.4 Å². The molecule has 0 saturated heterocycles. The van der Waals surface area contributed by atoms with Crippen molar-refractivity contribution in [3.05, 3.63) is 0 Å². The van der Waals surface area contributed by atoms with Crippen molar-refractivity contribution in [3.8, 4) is 0 Å². The molecule has 0 aromatic carbocycles. The SMILES string of the molecule is CCCCCCCCCC[Si](C)(C)O[SiH](C)O[Si](C)(C)C[Si](OC)(OC)OC. The van der Waals surface area contributed by atoms with E-state index in [9.17, 15) is 0 Å². The molecule has 0 radical (unpaired) electrons. The molecule has 0 aliphatic heterocycles. The molecule has 28 heavy (non-hydrogen) atoms. The summed E-state index contributed by atoms with van der Waals surface area (Å²) in [5.74, 6) is 0. The molecule has 9 heteroatoms. The Morgan fingerprint density at radius 1 is 0.643 bits per heavy atom. The molecule has 0 amide bonds. The van der Waals surface area contributed by atoms with Gasteiger partial charge in [-0.05, 0) is 38.8 Å². The standard InChI is InChI=1S/C19H48O5Si4/c1-10-11-12-13-14-15-16-17-18-26(6,7)23-25(5)24-27(8,9)19-28(20-2,21-3)22-4/h25H,10-19H2,1-9H3. The predicted molar refractivity (Wildman–Crippen MR) is 129 cm³/mol. The average Bonchev–Trinajstić information content (AvgIpc) is 2.61. The maximum atomic E-state index is 6.53. The van der Waals surface area contributed by atoms with Crippen molar-refractivity contribution >= 4 is 34.7 Å². The molecule has 0 aliphatic carbocycles. The second-order valence-corrected chi connectivity index (χ2v) is 23.6. The first-order chi connectivity index (χ1) is 13.1. The predicted octanol–water partition coefficient (Wildman–Crippen LogP) is 5.84. The molecule has 1 atom stereocenters. The van der Waals surface area contributed by atoms with Gasteiger partial charge in [-0.2, -0.15) is 0 Å². The van der Waals surface area contributed by atoms with Crippen molar-refractivity contribution in [2.45, 2.75) is 103 Å². The fourth-order valence-electron chi connectivity index (χ4n) is 3.70. The Bertz CT molecular complexity index is 384. The molecular weight excluding hydrogens is 421 g/mol. The lowest BCUT2D eigenvalue weighted by Gasteiger charge is -2.35. The van der Waals surface area contributed by atoms with Crippen LogP contribution in [0.1, 0.15) is 58.3 Å². The minimum absolute atomic E-state index is 0.754. The van der Waals surface area contributed by atoms with E-state index in [0.29, 0.717) is 0 Å². The lowest BCUT2D eigenvalue weighted by Crippen LogP contribution is -2.53. The molecule has 0 saturated carbocycles. The fourth-order valence-corrected chi connectivity index (χ4v) is 20.6. The van der Waals surface area contributed by atoms with Gasteiger partial charge < -0.3 is 21.5 Å². The summed E-state index contributed by atoms with van der Waals surface area (Å²) in [6.45, 7) is 13.6. The highest BCUT2D eigenvalue weighted by Gasteiger charge is 2.46. The van der Waals surface area contributed by atoms with Crippen LogP contribution in [-0.2, 0) is 21.5 Å². The van der Waals surface area contributed by atoms with Crippen LogP contribution in [-0.4, -0.2) is 56.1 Å². The maximum absolute atomic E-state index is 6.53. The largest absolute Gasteiger partial charge is 0.499 e. The highest BCUT2D eigenvalue weighted by atomic mass is 28.5. The molecule has 5 nitrogen and oxygen atoms in total. The Kier molecular flexibility index (Phi) is 15.0. The third kappa shape index (κ3) is 13.1. The van der Waals surface area contributed by atoms with Crippen molar-refractivity contribution in [3.63, 3.8) is 0 Å². The number of rotatable bonds is 18. The summed E-state index contributed by atoms with van der Waals surface area (Å²) in [5.41, 5.74) is 0.754. The van der Waals surface area contributed by atoms with E-state index in [-0.39, 0.29) is 0 Å². The van der Waals surface area contributed by atoms with Gasteiger partial charge in [0.25, 0.3) is 9.28 Å². The van der Waals surface area contributed by atoms with Gasteiger partial charge in [0.1, 0.15) is 0 Å². The monoisotopic (exact) mass is 468 g/mol. The molecule has 0 aromatic heterocycles. The summed E-state index contributed by atoms with van der Waals surface area (Å²) in [6, 6.07) is 1.23. The van der Waals surface area contributed by atoms with E-state index < -0.39 is 34.7 Å². The highest BCUT2D eigenvalue weighted by molar-refractivity contribution is 6.89. The van der Waals surface area contributed by atoms with E-state index in [2.05, 4.69) is 39.7 Å². The van der Waals surface area contributed by atoms with E-state index in [0.717, 1.165) is 5.67 Å². The normalized spacial score (nSPS) is 14.5. The number of hydrogen-bond acceptors (Lipinski definition) is 5. The van der Waals surface area contributed by atoms with Gasteiger partial charge in [0, 0.05) is 27.0 Å². The van der Waals surface area contributed by atoms with Crippen LogP contribution >= 0.6 is 0 Å². The van der Waals surface area contributed by atoms with Gasteiger partial charge in [-0.25, -0.2) is 0 Å². The van der Waals surface area contributed by atoms with Crippen LogP contribution in [0, 0.1) is 0 Å². The Hall–Kier alpha value is 0.668. The molecule has 0 spiro atoms. The zero-order chi connectivity index (χ0) is 21.7. The van der Waals surface area contributed by atoms with E-state index in [4.69, 9.17) is 21.5 Å². The summed E-state index contributed by atoms with van der Waals surface area (Å²) < 4.78 is 29.8. The van der Waals surface area contributed by atoms with E-state index in [1.54, 1.807) is 21.3 Å². The van der Waals surface area contributed by atoms with Gasteiger partial charge in [0.05, 0.1) is 0 Å². The van der Waals surface area contributed by atoms with E-state index in [1.807, 2.05) is 0 Å². The van der Waals surface area contributed by atoms with Gasteiger partial charge in [0.15, 0.2) is 16.6 Å². The highest BCUT2D eigenvalue weighted by Crippen LogP contribution is 2.25. The van der Waals surface area contributed by atoms with Crippen LogP contribution in [0.5, 0.6) is 0 Å². The fraction of sp³-hybridized carbons (Fsp3) is 1.00. The molecule has 0 fully saturated rings. The first-order valence-electron chi connectivity index (χ1n) is 11.1. The molecule has 0 heterocycles. The topological polar surface area (TPSA) is 46.2 Å². The molecule has 0 rings (SSSR count). The summed E-state index contributed by atoms with van der Waals surface area (Å²) in [7, 11) is -2.91. The zero-order valence-electron chi connectivity index (χ0n) is 20.2. The van der Waals surface area contributed by atoms with Gasteiger partial charge in [-0.3, -0.25) is 0 Å². The van der Waals surface area contributed by atoms with Crippen molar-refractivity contribution < 1.29 is 21.5 Å². The maximum Gasteiger partial charge on any atom is 0.499 e. The Morgan fingerprint density at radius 3 is 1.54 bits per heavy atom. The van der Waals surface area contributed by atoms with Crippen molar-refractivity contribution in [2.24, 2.45) is 0 Å². The quantitative estimate of drug-likeness (QED) is 0.187. The Labute approximate surface area is 180 Å². The van der Waals surface area contributed by atoms with Crippen molar-refractivity contribution in [1.82, 2.24) is 0 Å². The minimum Gasteiger partial charge on any atom is -0.439 e. The Balaban J connectivity index is 4.27. The zero-order valence-corrected chi connectivity index (χ0v) is 24.3. The van der Waals surface area contributed by atoms with Crippen LogP contribution in [0.3, 0.4) is 0 Å². The molecule has 0 N–H and O–H groups in total. The van der Waals surface area contributed by atoms with Crippen LogP contribution in [0.4, 0.5) is 0 Å². The van der Waals surface area contributed by atoms with Crippen LogP contribution < -0.4 is 0 Å². The smallest absolute Gasteiger partial charge is 0.439 e. The van der Waals surface area contributed by atoms with E-state index >= 15 is 0 Å². The molecule has 1 unspecified atom stereocenters. The Morgan fingerprint density at radius 2 is 1.07 bits per heavy atom. The van der Waals surface area contributed by atoms with Crippen LogP contribution in [0.15, 0.2) is 0 Å². The van der Waals surface area contributed by atoms with Gasteiger partial charge in [-0.15, -0.1) is 0 Å². The third-order valence-electron chi connectivity index (χ3n) is 5.18. The summed E-state index contributed by atoms with van der Waals surface area (Å²) in [5, 5.41) is 0. The molecule has 0 aliphatic rings. The minimum atomic E-state index is -2.61. The summed E-state index contributed by atoms with van der Waals surface area (Å²) >= 11 is 0. The van der Waals surface area contributed by atoms with Gasteiger partial charge in [0.2, 0.25) is 0 Å². The van der Waals surface area contributed by atoms with Crippen molar-refractivity contribution in [1.29, 1.82) is 0 Å². The second kappa shape index (κ2) is 14.6. The molecule has 0 aromatic rings.